The lowest BCUT2D eigenvalue weighted by atomic mass is 9.36. The van der Waals surface area contributed by atoms with E-state index in [9.17, 15) is 0 Å². The van der Waals surface area contributed by atoms with Gasteiger partial charge in [-0.1, -0.05) is 210 Å². The molecule has 8 aromatic carbocycles. The number of rotatable bonds is 5. The van der Waals surface area contributed by atoms with Crippen LogP contribution in [0.4, 0.5) is 39.8 Å². The van der Waals surface area contributed by atoms with Gasteiger partial charge in [0.25, 0.3) is 0 Å². The van der Waals surface area contributed by atoms with Crippen molar-refractivity contribution in [2.45, 2.75) is 116 Å². The quantitative estimate of drug-likeness (QED) is 0.159. The van der Waals surface area contributed by atoms with Crippen molar-refractivity contribution in [3.05, 3.63) is 239 Å². The zero-order valence-electron chi connectivity index (χ0n) is 45.1. The highest BCUT2D eigenvalue weighted by Crippen LogP contribution is 2.66. The van der Waals surface area contributed by atoms with Gasteiger partial charge >= 0.3 is 6.85 Å². The molecule has 74 heavy (non-hydrogen) atoms. The predicted octanol–water partition coefficient (Wildman–Crippen LogP) is 17.9. The molecule has 3 aliphatic heterocycles. The Morgan fingerprint density at radius 1 is 0.486 bits per heavy atom. The summed E-state index contributed by atoms with van der Waals surface area (Å²) in [6, 6.07) is 68.6. The Morgan fingerprint density at radius 3 is 1.55 bits per heavy atom. The average molecular weight is 962 g/mol. The number of hydrogen-bond donors (Lipinski definition) is 0. The van der Waals surface area contributed by atoms with Crippen LogP contribution in [0.15, 0.2) is 200 Å². The molecule has 366 valence electrons. The SMILES string of the molecule is CC(C)c1cc2c3c(c1)N1c4ccccc4C4(C5=CC=CC(B3N(c3ccc(C(C)(C)C)cc3)c3cc(N(c6ccc(C(C)(C)C)cc6)c6ccc(C(C)(C)C)cc6)ccc3-2)C51)c1ccccc1-c1ccccc14. The van der Waals surface area contributed by atoms with Crippen molar-refractivity contribution in [1.82, 2.24) is 0 Å². The summed E-state index contributed by atoms with van der Waals surface area (Å²) in [5.74, 6) is 0.406. The molecule has 0 N–H and O–H groups in total. The second-order valence-corrected chi connectivity index (χ2v) is 25.2. The Morgan fingerprint density at radius 2 is 1.00 bits per heavy atom. The number of hydrogen-bond acceptors (Lipinski definition) is 3. The maximum Gasteiger partial charge on any atom is 0.306 e. The summed E-state index contributed by atoms with van der Waals surface area (Å²) in [4.78, 5) is 8.02. The minimum atomic E-state index is -0.464. The van der Waals surface area contributed by atoms with Crippen LogP contribution in [0.2, 0.25) is 5.82 Å². The Labute approximate surface area is 441 Å². The van der Waals surface area contributed by atoms with Crippen molar-refractivity contribution in [3.8, 4) is 22.3 Å². The molecule has 5 aliphatic rings. The van der Waals surface area contributed by atoms with Crippen molar-refractivity contribution in [1.29, 1.82) is 0 Å². The van der Waals surface area contributed by atoms with Gasteiger partial charge in [0.2, 0.25) is 0 Å². The second-order valence-electron chi connectivity index (χ2n) is 25.2. The minimum absolute atomic E-state index is 0.0128. The first kappa shape index (κ1) is 46.5. The standard InChI is InChI=1S/C70H68BN3/c1-44(2)45-41-56-55-40-39-52(72(49-33-27-46(28-34-49)67(3,4)5)50-35-29-47(30-36-50)68(6,7)8)43-63(55)74(51-37-31-48(32-38-51)69(9,10)11)71-61-25-18-24-60-66(61)73(64(42-45)65(56)71)62-26-17-16-23-59(62)70(60)57-21-14-12-19-53(57)54-20-13-15-22-58(54)70/h12-44,61,66H,1-11H3. The van der Waals surface area contributed by atoms with Crippen LogP contribution in [0, 0.1) is 0 Å². The fourth-order valence-electron chi connectivity index (χ4n) is 13.6. The first-order valence-corrected chi connectivity index (χ1v) is 27.1. The van der Waals surface area contributed by atoms with Crippen molar-refractivity contribution in [2.24, 2.45) is 0 Å². The van der Waals surface area contributed by atoms with Crippen LogP contribution in [0.5, 0.6) is 0 Å². The van der Waals surface area contributed by atoms with Gasteiger partial charge in [-0.2, -0.15) is 0 Å². The summed E-state index contributed by atoms with van der Waals surface area (Å²) in [6.07, 6.45) is 7.49. The molecule has 2 unspecified atom stereocenters. The lowest BCUT2D eigenvalue weighted by Crippen LogP contribution is -2.65. The van der Waals surface area contributed by atoms with Gasteiger partial charge in [0.15, 0.2) is 0 Å². The molecule has 0 fully saturated rings. The first-order valence-electron chi connectivity index (χ1n) is 27.1. The fourth-order valence-corrected chi connectivity index (χ4v) is 13.6. The molecule has 0 saturated carbocycles. The summed E-state index contributed by atoms with van der Waals surface area (Å²) >= 11 is 0. The highest BCUT2D eigenvalue weighted by molar-refractivity contribution is 6.84. The third-order valence-electron chi connectivity index (χ3n) is 17.4. The molecule has 3 heterocycles. The molecular weight excluding hydrogens is 894 g/mol. The van der Waals surface area contributed by atoms with Crippen molar-refractivity contribution in [2.75, 3.05) is 14.6 Å². The smallest absolute Gasteiger partial charge is 0.306 e. The molecular formula is C70H68BN3. The van der Waals surface area contributed by atoms with Gasteiger partial charge in [-0.25, -0.2) is 0 Å². The third-order valence-corrected chi connectivity index (χ3v) is 17.4. The molecule has 0 bridgehead atoms. The van der Waals surface area contributed by atoms with Crippen LogP contribution in [0.3, 0.4) is 0 Å². The first-order chi connectivity index (χ1) is 35.4. The van der Waals surface area contributed by atoms with Crippen LogP contribution in [-0.4, -0.2) is 12.9 Å². The van der Waals surface area contributed by atoms with E-state index in [1.54, 1.807) is 0 Å². The molecule has 0 saturated heterocycles. The molecule has 13 rings (SSSR count). The van der Waals surface area contributed by atoms with Gasteiger partial charge in [0.05, 0.1) is 11.5 Å². The Hall–Kier alpha value is -7.30. The molecule has 2 atom stereocenters. The van der Waals surface area contributed by atoms with Gasteiger partial charge in [0, 0.05) is 51.2 Å². The zero-order valence-corrected chi connectivity index (χ0v) is 45.1. The van der Waals surface area contributed by atoms with E-state index in [1.165, 1.54) is 95.0 Å². The maximum atomic E-state index is 2.79. The van der Waals surface area contributed by atoms with E-state index in [4.69, 9.17) is 0 Å². The number of allylic oxidation sites excluding steroid dienone is 2. The van der Waals surface area contributed by atoms with Crippen molar-refractivity contribution >= 4 is 52.1 Å². The molecule has 4 heteroatoms. The van der Waals surface area contributed by atoms with Crippen LogP contribution in [-0.2, 0) is 21.7 Å². The maximum absolute atomic E-state index is 2.79. The summed E-state index contributed by atoms with van der Waals surface area (Å²) in [5, 5.41) is 0. The van der Waals surface area contributed by atoms with Gasteiger partial charge in [-0.05, 0) is 149 Å². The van der Waals surface area contributed by atoms with Crippen LogP contribution >= 0.6 is 0 Å². The minimum Gasteiger partial charge on any atom is -0.380 e. The molecule has 0 radical (unpaired) electrons. The number of nitrogens with zero attached hydrogens (tertiary/aromatic N) is 3. The summed E-state index contributed by atoms with van der Waals surface area (Å²) in [7, 11) is 0. The van der Waals surface area contributed by atoms with Crippen LogP contribution < -0.4 is 20.1 Å². The van der Waals surface area contributed by atoms with E-state index < -0.39 is 5.41 Å². The molecule has 0 aromatic heterocycles. The highest BCUT2D eigenvalue weighted by Gasteiger charge is 2.61. The second kappa shape index (κ2) is 16.4. The lowest BCUT2D eigenvalue weighted by Gasteiger charge is -2.59. The molecule has 1 spiro atoms. The number of para-hydroxylation sites is 1. The van der Waals surface area contributed by atoms with E-state index in [2.05, 4.69) is 285 Å². The molecule has 3 nitrogen and oxygen atoms in total. The van der Waals surface area contributed by atoms with Gasteiger partial charge < -0.3 is 14.6 Å². The topological polar surface area (TPSA) is 9.72 Å². The normalized spacial score (nSPS) is 17.6. The fraction of sp³-hybridized carbons (Fsp3) is 0.257. The Bertz CT molecular complexity index is 3510. The summed E-state index contributed by atoms with van der Waals surface area (Å²) in [6.45, 7) is 25.5. The predicted molar refractivity (Wildman–Crippen MR) is 316 cm³/mol. The lowest BCUT2D eigenvalue weighted by molar-refractivity contribution is 0.579. The van der Waals surface area contributed by atoms with Gasteiger partial charge in [-0.3, -0.25) is 0 Å². The summed E-state index contributed by atoms with van der Waals surface area (Å²) in [5.41, 5.74) is 25.7. The average Bonchev–Trinajstić information content (AvgIpc) is 3.71. The monoisotopic (exact) mass is 962 g/mol. The number of benzene rings is 8. The molecule has 0 amide bonds. The highest BCUT2D eigenvalue weighted by atomic mass is 15.2. The van der Waals surface area contributed by atoms with E-state index >= 15 is 0 Å². The third kappa shape index (κ3) is 6.79. The Balaban J connectivity index is 1.09. The zero-order chi connectivity index (χ0) is 51.2. The van der Waals surface area contributed by atoms with Crippen LogP contribution in [0.25, 0.3) is 22.3 Å². The van der Waals surface area contributed by atoms with Gasteiger partial charge in [-0.15, -0.1) is 0 Å². The largest absolute Gasteiger partial charge is 0.380 e. The van der Waals surface area contributed by atoms with Crippen molar-refractivity contribution in [3.63, 3.8) is 0 Å². The molecule has 2 aliphatic carbocycles. The Kier molecular flexibility index (Phi) is 10.3. The number of anilines is 7. The molecule has 8 aromatic rings. The van der Waals surface area contributed by atoms with Gasteiger partial charge in [0.1, 0.15) is 0 Å². The van der Waals surface area contributed by atoms with E-state index in [0.29, 0.717) is 5.92 Å². The summed E-state index contributed by atoms with van der Waals surface area (Å²) < 4.78 is 0. The van der Waals surface area contributed by atoms with E-state index in [1.807, 2.05) is 0 Å². The van der Waals surface area contributed by atoms with Crippen LogP contribution in [0.1, 0.15) is 121 Å². The van der Waals surface area contributed by atoms with Crippen molar-refractivity contribution < 1.29 is 0 Å². The number of fused-ring (bicyclic) bond motifs is 13. The van der Waals surface area contributed by atoms with E-state index in [-0.39, 0.29) is 35.0 Å². The van der Waals surface area contributed by atoms with E-state index in [0.717, 1.165) is 17.1 Å².